The maximum Gasteiger partial charge on any atom is 0.508 e. The number of benzene rings is 3. The van der Waals surface area contributed by atoms with Gasteiger partial charge in [-0.1, -0.05) is 36.4 Å². The maximum atomic E-state index is 14.4. The van der Waals surface area contributed by atoms with Crippen molar-refractivity contribution in [1.82, 2.24) is 29.3 Å². The van der Waals surface area contributed by atoms with Gasteiger partial charge in [0.15, 0.2) is 12.2 Å². The molecule has 111 heavy (non-hydrogen) atoms. The molecule has 3 saturated heterocycles. The molecule has 0 radical (unpaired) electrons. The number of carbonyl (C=O) groups excluding carboxylic acids is 6. The van der Waals surface area contributed by atoms with Gasteiger partial charge in [-0.15, -0.1) is 15.3 Å². The van der Waals surface area contributed by atoms with E-state index < -0.39 is 147 Å². The standard InChI is InChI=1S/C29H37FN2O10.C23H31FN2O8.C21H29FN2O6.C2H3ClO2/c1-14(2)32-16(4)22(11-21-10-9-15(3)23(30)12-21)28(31-32)42-29-27(40-20(8)36)26(39-19(7)35)25(38-18(6)34)24(41-29)13-37-17(5)33;1-11(2)26-13(4)15(8-14-7-6-12(3)16(24)9-14)21(25-26)34-22-20(29)19(28)18(27)17(33-22)10-32-23(30)31-5;1-10(2)24-12(4)14(7-13-6-5-11(3)15(22)8-13)20(23-24)30-21-19(28)18(27)17(26)16(9-25)29-21;1-5-2(3)4/h9-10,12,14,24-27,29H,11,13H2,1-8H3;6-7,9,11,17-20,22,27-29H,8,10H2,1-5H3;5-6,8,10,16-19,21,25-28H,7,9H2,1-4H3;1H3/t24-,25-,26+,27-,29+;17-,18-,19+,20-,22+;16-,17-,18+,19-,21+;/m111./s1. The van der Waals surface area contributed by atoms with Gasteiger partial charge in [-0.25, -0.2) is 22.8 Å². The van der Waals surface area contributed by atoms with E-state index in [1.807, 2.05) is 68.4 Å². The highest BCUT2D eigenvalue weighted by molar-refractivity contribution is 6.61. The average Bonchev–Trinajstić information content (AvgIpc) is 0.952. The number of hydrogen-bond acceptors (Lipinski definition) is 29. The largest absolute Gasteiger partial charge is 0.508 e. The zero-order chi connectivity index (χ0) is 82.9. The summed E-state index contributed by atoms with van der Waals surface area (Å²) in [6.07, 6.45) is -21.3. The molecule has 0 amide bonds. The molecule has 7 N–H and O–H groups in total. The summed E-state index contributed by atoms with van der Waals surface area (Å²) in [5.74, 6) is -3.48. The summed E-state index contributed by atoms with van der Waals surface area (Å²) in [7, 11) is 2.34. The SMILES string of the molecule is CC(=O)OC[C@H]1O[C@@H](Oc2nn(C(C)C)c(C)c2Cc2ccc(C)c(F)c2)[C@H](OC(C)=O)[C@@H](OC(C)=O)[C@@H]1OC(C)=O.COC(=O)Cl.COC(=O)OC[C@H]1O[C@@H](Oc2nn(C(C)C)c(C)c2Cc2ccc(C)c(F)c2)[C@H](O)[C@@H](O)[C@@H]1O.Cc1ccc(Cc2c(O[C@@H]3O[C@H](CO)[C@@H](O)[C@H](O)[C@H]3O)nn(C(C)C)c2C)cc1F. The molecule has 6 aromatic rings. The topological polar surface area (TPSA) is 417 Å². The van der Waals surface area contributed by atoms with Crippen LogP contribution in [0.4, 0.5) is 22.8 Å². The van der Waals surface area contributed by atoms with Gasteiger partial charge >= 0.3 is 35.5 Å². The van der Waals surface area contributed by atoms with Gasteiger partial charge in [0.2, 0.25) is 42.6 Å². The lowest BCUT2D eigenvalue weighted by atomic mass is 9.98. The number of carbonyl (C=O) groups is 6. The fourth-order valence-electron chi connectivity index (χ4n) is 12.0. The molecule has 0 aliphatic carbocycles. The van der Waals surface area contributed by atoms with Crippen LogP contribution < -0.4 is 14.2 Å². The lowest BCUT2D eigenvalue weighted by Crippen LogP contribution is -2.63. The summed E-state index contributed by atoms with van der Waals surface area (Å²) >= 11 is 4.60. The zero-order valence-corrected chi connectivity index (χ0v) is 65.7. The van der Waals surface area contributed by atoms with Gasteiger partial charge in [0.1, 0.15) is 85.6 Å². The number of aliphatic hydroxyl groups excluding tert-OH is 7. The minimum atomic E-state index is -1.63. The fraction of sp³-hybridized carbons (Fsp3) is 0.560. The van der Waals surface area contributed by atoms with Crippen LogP contribution in [0.3, 0.4) is 0 Å². The second kappa shape index (κ2) is 41.0. The molecule has 0 bridgehead atoms. The third kappa shape index (κ3) is 24.3. The van der Waals surface area contributed by atoms with Crippen molar-refractivity contribution in [2.24, 2.45) is 0 Å². The maximum absolute atomic E-state index is 14.4. The molecule has 0 unspecified atom stereocenters. The lowest BCUT2D eigenvalue weighted by molar-refractivity contribution is -0.289. The Balaban J connectivity index is 0.000000255. The summed E-state index contributed by atoms with van der Waals surface area (Å²) in [4.78, 5) is 68.5. The van der Waals surface area contributed by atoms with Gasteiger partial charge in [-0.2, -0.15) is 0 Å². The summed E-state index contributed by atoms with van der Waals surface area (Å²) in [5, 5.41) is 84.2. The van der Waals surface area contributed by atoms with Gasteiger partial charge < -0.3 is 97.3 Å². The third-order valence-electron chi connectivity index (χ3n) is 17.9. The number of aromatic nitrogens is 6. The normalized spacial score (nSPS) is 23.5. The molecule has 32 nitrogen and oxygen atoms in total. The number of ether oxygens (including phenoxy) is 13. The molecule has 3 aromatic carbocycles. The van der Waals surface area contributed by atoms with E-state index in [0.717, 1.165) is 50.5 Å². The monoisotopic (exact) mass is 1590 g/mol. The van der Waals surface area contributed by atoms with E-state index in [-0.39, 0.29) is 59.6 Å². The molecule has 3 fully saturated rings. The predicted molar refractivity (Wildman–Crippen MR) is 385 cm³/mol. The van der Waals surface area contributed by atoms with Crippen molar-refractivity contribution in [1.29, 1.82) is 0 Å². The lowest BCUT2D eigenvalue weighted by Gasteiger charge is -2.43. The van der Waals surface area contributed by atoms with E-state index in [0.29, 0.717) is 57.3 Å². The predicted octanol–water partition coefficient (Wildman–Crippen LogP) is 7.03. The number of hydrogen-bond donors (Lipinski definition) is 7. The Hall–Kier alpha value is -9.01. The molecule has 3 aliphatic rings. The first-order valence-electron chi connectivity index (χ1n) is 35.4. The Morgan fingerprint density at radius 1 is 0.450 bits per heavy atom. The molecule has 0 spiro atoms. The number of rotatable bonds is 23. The molecular formula is C75H100ClF3N6O26. The summed E-state index contributed by atoms with van der Waals surface area (Å²) in [5.41, 5.74) is 7.17. The highest BCUT2D eigenvalue weighted by Crippen LogP contribution is 2.37. The average molecular weight is 1590 g/mol. The fourth-order valence-corrected chi connectivity index (χ4v) is 12.0. The minimum absolute atomic E-state index is 0.0170. The van der Waals surface area contributed by atoms with Crippen LogP contribution in [0.5, 0.6) is 17.6 Å². The Labute approximate surface area is 644 Å². The third-order valence-corrected chi connectivity index (χ3v) is 18.0. The van der Waals surface area contributed by atoms with E-state index in [1.54, 1.807) is 65.1 Å². The van der Waals surface area contributed by atoms with Crippen molar-refractivity contribution in [3.05, 3.63) is 139 Å². The van der Waals surface area contributed by atoms with Crippen LogP contribution in [0.2, 0.25) is 0 Å². The van der Waals surface area contributed by atoms with E-state index in [9.17, 15) is 77.7 Å². The van der Waals surface area contributed by atoms with Crippen LogP contribution in [0.15, 0.2) is 54.6 Å². The number of methoxy groups -OCH3 is 2. The number of halogens is 4. The molecular weight excluding hydrogens is 1490 g/mol. The molecule has 3 aromatic heterocycles. The molecule has 614 valence electrons. The van der Waals surface area contributed by atoms with Crippen LogP contribution in [-0.2, 0) is 85.8 Å². The summed E-state index contributed by atoms with van der Waals surface area (Å²) in [6, 6.07) is 14.7. The number of aliphatic hydroxyl groups is 7. The van der Waals surface area contributed by atoms with Gasteiger partial charge in [0.25, 0.3) is 0 Å². The molecule has 6 heterocycles. The minimum Gasteiger partial charge on any atom is -0.463 e. The Bertz CT molecular complexity index is 4150. The highest BCUT2D eigenvalue weighted by Gasteiger charge is 2.54. The van der Waals surface area contributed by atoms with Gasteiger partial charge in [0.05, 0.1) is 20.8 Å². The Kier molecular flexibility index (Phi) is 33.5. The van der Waals surface area contributed by atoms with Gasteiger partial charge in [0, 0.05) is 110 Å². The van der Waals surface area contributed by atoms with Crippen LogP contribution in [-0.4, -0.2) is 227 Å². The second-order valence-corrected chi connectivity index (χ2v) is 27.7. The van der Waals surface area contributed by atoms with E-state index >= 15 is 0 Å². The van der Waals surface area contributed by atoms with E-state index in [4.69, 9.17) is 52.1 Å². The van der Waals surface area contributed by atoms with E-state index in [2.05, 4.69) is 36.4 Å². The molecule has 9 rings (SSSR count). The number of esters is 4. The Morgan fingerprint density at radius 3 is 1.10 bits per heavy atom. The van der Waals surface area contributed by atoms with Crippen molar-refractivity contribution in [3.8, 4) is 17.6 Å². The van der Waals surface area contributed by atoms with E-state index in [1.165, 1.54) is 32.2 Å². The van der Waals surface area contributed by atoms with Crippen LogP contribution in [0.25, 0.3) is 0 Å². The van der Waals surface area contributed by atoms with Crippen molar-refractivity contribution in [3.63, 3.8) is 0 Å². The molecule has 3 aliphatic heterocycles. The van der Waals surface area contributed by atoms with Crippen LogP contribution in [0.1, 0.15) is 155 Å². The quantitative estimate of drug-likeness (QED) is 0.0192. The molecule has 15 atom stereocenters. The highest BCUT2D eigenvalue weighted by atomic mass is 35.5. The van der Waals surface area contributed by atoms with Crippen LogP contribution >= 0.6 is 11.6 Å². The second-order valence-electron chi connectivity index (χ2n) is 27.3. The van der Waals surface area contributed by atoms with Crippen molar-refractivity contribution in [2.75, 3.05) is 34.0 Å². The first-order chi connectivity index (χ1) is 52.1. The summed E-state index contributed by atoms with van der Waals surface area (Å²) < 4.78 is 117. The van der Waals surface area contributed by atoms with Crippen molar-refractivity contribution in [2.45, 2.75) is 240 Å². The molecule has 36 heteroatoms. The first-order valence-corrected chi connectivity index (χ1v) is 35.7. The van der Waals surface area contributed by atoms with Crippen molar-refractivity contribution >= 4 is 47.1 Å². The van der Waals surface area contributed by atoms with Crippen molar-refractivity contribution < 1.29 is 139 Å². The number of nitrogens with zero attached hydrogens (tertiary/aromatic N) is 6. The summed E-state index contributed by atoms with van der Waals surface area (Å²) in [6.45, 7) is 25.4. The smallest absolute Gasteiger partial charge is 0.463 e. The number of aryl methyl sites for hydroxylation is 3. The zero-order valence-electron chi connectivity index (χ0n) is 64.9. The van der Waals surface area contributed by atoms with Gasteiger partial charge in [-0.05, 0) is 135 Å². The Morgan fingerprint density at radius 2 is 0.775 bits per heavy atom. The van der Waals surface area contributed by atoms with Gasteiger partial charge in [-0.3, -0.25) is 33.2 Å². The first kappa shape index (κ1) is 90.9. The molecule has 0 saturated carbocycles. The van der Waals surface area contributed by atoms with Crippen LogP contribution in [0, 0.1) is 59.0 Å².